The first kappa shape index (κ1) is 23.3. The quantitative estimate of drug-likeness (QED) is 0.544. The second-order valence-electron chi connectivity index (χ2n) is 9.43. The number of aromatic carboxylic acids is 1. The number of hydrogen-bond donors (Lipinski definition) is 1. The van der Waals surface area contributed by atoms with Crippen molar-refractivity contribution in [3.05, 3.63) is 35.9 Å². The van der Waals surface area contributed by atoms with Crippen molar-refractivity contribution in [3.63, 3.8) is 0 Å². The van der Waals surface area contributed by atoms with Gasteiger partial charge in [0, 0.05) is 29.0 Å². The molecule has 0 atom stereocenters. The summed E-state index contributed by atoms with van der Waals surface area (Å²) in [5.41, 5.74) is 0.836. The molecule has 0 aliphatic heterocycles. The Morgan fingerprint density at radius 2 is 1.76 bits per heavy atom. The zero-order chi connectivity index (χ0) is 24.1. The summed E-state index contributed by atoms with van der Waals surface area (Å²) in [6.45, 7) is 5.89. The van der Waals surface area contributed by atoms with Gasteiger partial charge >= 0.3 is 5.97 Å². The van der Waals surface area contributed by atoms with Gasteiger partial charge in [0.1, 0.15) is 11.2 Å². The number of anilines is 1. The van der Waals surface area contributed by atoms with Crippen LogP contribution < -0.4 is 4.90 Å². The van der Waals surface area contributed by atoms with Gasteiger partial charge in [0.2, 0.25) is 5.91 Å². The standard InChI is InChI=1S/C25H29NO6S/c1-14(2)26(24(27)16-10-8-15(3)9-11-16)19-12-18-21(13-17(19)25(28)29)32-20-6-5-7-22(23(18)20)33(4,30)31/h5-7,12-16H,8-11H2,1-4H3,(H,28,29). The predicted molar refractivity (Wildman–Crippen MR) is 128 cm³/mol. The smallest absolute Gasteiger partial charge is 0.337 e. The third kappa shape index (κ3) is 4.24. The summed E-state index contributed by atoms with van der Waals surface area (Å²) >= 11 is 0. The molecule has 1 N–H and O–H groups in total. The fourth-order valence-electron chi connectivity index (χ4n) is 4.86. The molecule has 1 saturated carbocycles. The number of carbonyl (C=O) groups is 2. The van der Waals surface area contributed by atoms with Crippen molar-refractivity contribution < 1.29 is 27.5 Å². The van der Waals surface area contributed by atoms with Crippen LogP contribution in [0.3, 0.4) is 0 Å². The Morgan fingerprint density at radius 1 is 1.09 bits per heavy atom. The molecule has 176 valence electrons. The van der Waals surface area contributed by atoms with Crippen LogP contribution in [0.4, 0.5) is 5.69 Å². The number of carboxylic acid groups (broad SMARTS) is 1. The van der Waals surface area contributed by atoms with Gasteiger partial charge in [-0.3, -0.25) is 4.79 Å². The van der Waals surface area contributed by atoms with Gasteiger partial charge in [-0.1, -0.05) is 13.0 Å². The molecule has 1 fully saturated rings. The number of carbonyl (C=O) groups excluding carboxylic acids is 1. The molecule has 33 heavy (non-hydrogen) atoms. The van der Waals surface area contributed by atoms with Crippen LogP contribution in [0.2, 0.25) is 0 Å². The molecule has 0 spiro atoms. The number of fused-ring (bicyclic) bond motifs is 3. The lowest BCUT2D eigenvalue weighted by molar-refractivity contribution is -0.123. The van der Waals surface area contributed by atoms with Crippen LogP contribution >= 0.6 is 0 Å². The minimum Gasteiger partial charge on any atom is -0.478 e. The maximum absolute atomic E-state index is 13.6. The summed E-state index contributed by atoms with van der Waals surface area (Å²) < 4.78 is 30.7. The van der Waals surface area contributed by atoms with Crippen LogP contribution in [0.5, 0.6) is 0 Å². The van der Waals surface area contributed by atoms with Crippen LogP contribution in [-0.4, -0.2) is 37.7 Å². The number of carboxylic acids is 1. The van der Waals surface area contributed by atoms with Crippen LogP contribution in [0.15, 0.2) is 39.6 Å². The second kappa shape index (κ2) is 8.48. The number of rotatable bonds is 5. The van der Waals surface area contributed by atoms with Gasteiger partial charge in [-0.15, -0.1) is 0 Å². The summed E-state index contributed by atoms with van der Waals surface area (Å²) in [7, 11) is -3.56. The minimum absolute atomic E-state index is 0.0475. The largest absolute Gasteiger partial charge is 0.478 e. The molecular formula is C25H29NO6S. The first-order chi connectivity index (χ1) is 15.5. The Kier molecular flexibility index (Phi) is 5.99. The molecular weight excluding hydrogens is 442 g/mol. The lowest BCUT2D eigenvalue weighted by Gasteiger charge is -2.34. The van der Waals surface area contributed by atoms with Crippen molar-refractivity contribution >= 4 is 49.3 Å². The average Bonchev–Trinajstić information content (AvgIpc) is 3.10. The third-order valence-corrected chi connectivity index (χ3v) is 7.72. The van der Waals surface area contributed by atoms with Crippen molar-refractivity contribution in [2.24, 2.45) is 11.8 Å². The monoisotopic (exact) mass is 471 g/mol. The van der Waals surface area contributed by atoms with Crippen molar-refractivity contribution in [1.82, 2.24) is 0 Å². The molecule has 1 aliphatic rings. The fourth-order valence-corrected chi connectivity index (χ4v) is 5.77. The maximum Gasteiger partial charge on any atom is 0.337 e. The molecule has 1 aromatic heterocycles. The van der Waals surface area contributed by atoms with Gasteiger partial charge in [0.05, 0.1) is 16.1 Å². The van der Waals surface area contributed by atoms with Gasteiger partial charge in [-0.2, -0.15) is 0 Å². The Morgan fingerprint density at radius 3 is 2.33 bits per heavy atom. The molecule has 0 radical (unpaired) electrons. The van der Waals surface area contributed by atoms with Gasteiger partial charge in [-0.25, -0.2) is 13.2 Å². The van der Waals surface area contributed by atoms with Gasteiger partial charge in [-0.05, 0) is 69.7 Å². The van der Waals surface area contributed by atoms with E-state index in [0.29, 0.717) is 22.3 Å². The number of hydrogen-bond acceptors (Lipinski definition) is 5. The van der Waals surface area contributed by atoms with Gasteiger partial charge in [0.15, 0.2) is 9.84 Å². The number of nitrogens with zero attached hydrogens (tertiary/aromatic N) is 1. The molecule has 0 bridgehead atoms. The summed E-state index contributed by atoms with van der Waals surface area (Å²) in [4.78, 5) is 27.5. The first-order valence-corrected chi connectivity index (χ1v) is 13.1. The molecule has 1 amide bonds. The minimum atomic E-state index is -3.56. The van der Waals surface area contributed by atoms with Gasteiger partial charge in [0.25, 0.3) is 0 Å². The summed E-state index contributed by atoms with van der Waals surface area (Å²) in [5, 5.41) is 10.8. The van der Waals surface area contributed by atoms with E-state index in [2.05, 4.69) is 6.92 Å². The van der Waals surface area contributed by atoms with E-state index in [1.54, 1.807) is 23.1 Å². The Bertz CT molecular complexity index is 1350. The molecule has 1 heterocycles. The summed E-state index contributed by atoms with van der Waals surface area (Å²) in [6.07, 6.45) is 4.62. The van der Waals surface area contributed by atoms with E-state index in [0.717, 1.165) is 31.9 Å². The highest BCUT2D eigenvalue weighted by Gasteiger charge is 2.33. The van der Waals surface area contributed by atoms with E-state index in [1.165, 1.54) is 12.1 Å². The zero-order valence-corrected chi connectivity index (χ0v) is 20.1. The van der Waals surface area contributed by atoms with Crippen molar-refractivity contribution in [1.29, 1.82) is 0 Å². The second-order valence-corrected chi connectivity index (χ2v) is 11.4. The SMILES string of the molecule is CC1CCC(C(=O)N(c2cc3c(cc2C(=O)O)oc2cccc(S(C)(=O)=O)c23)C(C)C)CC1. The molecule has 3 aromatic rings. The third-order valence-electron chi connectivity index (χ3n) is 6.58. The average molecular weight is 472 g/mol. The van der Waals surface area contributed by atoms with E-state index in [1.807, 2.05) is 13.8 Å². The lowest BCUT2D eigenvalue weighted by atomic mass is 9.82. The topological polar surface area (TPSA) is 105 Å². The van der Waals surface area contributed by atoms with Crippen LogP contribution in [0, 0.1) is 11.8 Å². The Balaban J connectivity index is 1.96. The highest BCUT2D eigenvalue weighted by Crippen LogP contribution is 2.39. The van der Waals surface area contributed by atoms with Crippen molar-refractivity contribution in [2.45, 2.75) is 57.4 Å². The predicted octanol–water partition coefficient (Wildman–Crippen LogP) is 5.26. The van der Waals surface area contributed by atoms with Crippen molar-refractivity contribution in [2.75, 3.05) is 11.2 Å². The molecule has 7 nitrogen and oxygen atoms in total. The Hall–Kier alpha value is -2.87. The normalized spacial score (nSPS) is 19.3. The molecule has 2 aromatic carbocycles. The van der Waals surface area contributed by atoms with Crippen molar-refractivity contribution in [3.8, 4) is 0 Å². The maximum atomic E-state index is 13.6. The molecule has 8 heteroatoms. The van der Waals surface area contributed by atoms with Crippen LogP contribution in [0.25, 0.3) is 21.9 Å². The fraction of sp³-hybridized carbons (Fsp3) is 0.440. The molecule has 1 aliphatic carbocycles. The van der Waals surface area contributed by atoms with E-state index in [4.69, 9.17) is 4.42 Å². The highest BCUT2D eigenvalue weighted by molar-refractivity contribution is 7.91. The van der Waals surface area contributed by atoms with E-state index in [9.17, 15) is 23.1 Å². The first-order valence-electron chi connectivity index (χ1n) is 11.2. The number of sulfone groups is 1. The number of furan rings is 1. The Labute approximate surface area is 193 Å². The number of amides is 1. The number of benzene rings is 2. The van der Waals surface area contributed by atoms with E-state index in [-0.39, 0.29) is 39.6 Å². The van der Waals surface area contributed by atoms with E-state index >= 15 is 0 Å². The highest BCUT2D eigenvalue weighted by atomic mass is 32.2. The molecule has 4 rings (SSSR count). The lowest BCUT2D eigenvalue weighted by Crippen LogP contribution is -2.42. The summed E-state index contributed by atoms with van der Waals surface area (Å²) in [5.74, 6) is -0.839. The van der Waals surface area contributed by atoms with Gasteiger partial charge < -0.3 is 14.4 Å². The van der Waals surface area contributed by atoms with Crippen LogP contribution in [-0.2, 0) is 14.6 Å². The van der Waals surface area contributed by atoms with Crippen LogP contribution in [0.1, 0.15) is 56.8 Å². The zero-order valence-electron chi connectivity index (χ0n) is 19.3. The molecule has 0 saturated heterocycles. The van der Waals surface area contributed by atoms with E-state index < -0.39 is 15.8 Å². The summed E-state index contributed by atoms with van der Waals surface area (Å²) in [6, 6.07) is 7.46. The molecule has 0 unspecified atom stereocenters.